The topological polar surface area (TPSA) is 84.2 Å². The highest BCUT2D eigenvalue weighted by atomic mass is 16.4. The molecule has 0 radical (unpaired) electrons. The van der Waals surface area contributed by atoms with Gasteiger partial charge in [0.2, 0.25) is 5.91 Å². The van der Waals surface area contributed by atoms with E-state index in [-0.39, 0.29) is 29.4 Å². The van der Waals surface area contributed by atoms with Gasteiger partial charge in [-0.3, -0.25) is 14.9 Å². The van der Waals surface area contributed by atoms with Crippen molar-refractivity contribution in [2.24, 2.45) is 5.92 Å². The fourth-order valence-corrected chi connectivity index (χ4v) is 2.32. The molecule has 1 aliphatic rings. The van der Waals surface area contributed by atoms with E-state index in [4.69, 9.17) is 4.42 Å². The number of hydrogen-bond donors (Lipinski definition) is 2. The zero-order chi connectivity index (χ0) is 16.9. The minimum atomic E-state index is -0.369. The van der Waals surface area contributed by atoms with E-state index in [2.05, 4.69) is 22.5 Å². The average molecular weight is 327 g/mol. The Balaban J connectivity index is 1.56. The molecule has 0 bridgehead atoms. The van der Waals surface area contributed by atoms with Crippen LogP contribution in [0.1, 0.15) is 48.7 Å². The van der Waals surface area contributed by atoms with Crippen molar-refractivity contribution in [1.82, 2.24) is 4.98 Å². The van der Waals surface area contributed by atoms with Crippen molar-refractivity contribution in [2.45, 2.75) is 39.0 Å². The normalized spacial score (nSPS) is 13.5. The number of aromatic nitrogens is 1. The molecule has 2 N–H and O–H groups in total. The van der Waals surface area contributed by atoms with Gasteiger partial charge in [-0.2, -0.15) is 4.98 Å². The van der Waals surface area contributed by atoms with E-state index in [1.165, 1.54) is 11.8 Å². The van der Waals surface area contributed by atoms with Crippen LogP contribution >= 0.6 is 0 Å². The van der Waals surface area contributed by atoms with Gasteiger partial charge >= 0.3 is 6.01 Å². The maximum Gasteiger partial charge on any atom is 0.302 e. The molecular weight excluding hydrogens is 306 g/mol. The lowest BCUT2D eigenvalue weighted by Crippen LogP contribution is -2.15. The Hall–Kier alpha value is -2.63. The van der Waals surface area contributed by atoms with Crippen LogP contribution in [-0.2, 0) is 11.2 Å². The zero-order valence-electron chi connectivity index (χ0n) is 13.7. The Morgan fingerprint density at radius 2 is 1.96 bits per heavy atom. The van der Waals surface area contributed by atoms with E-state index in [0.717, 1.165) is 32.1 Å². The molecule has 1 heterocycles. The van der Waals surface area contributed by atoms with Crippen LogP contribution < -0.4 is 10.6 Å². The molecule has 1 aromatic carbocycles. The number of hydrogen-bond acceptors (Lipinski definition) is 4. The third-order valence-corrected chi connectivity index (χ3v) is 3.95. The van der Waals surface area contributed by atoms with Crippen LogP contribution in [0.2, 0.25) is 0 Å². The lowest BCUT2D eigenvalue weighted by molar-refractivity contribution is -0.117. The molecule has 0 spiro atoms. The van der Waals surface area contributed by atoms with Crippen LogP contribution in [0.25, 0.3) is 0 Å². The third kappa shape index (κ3) is 4.22. The predicted molar refractivity (Wildman–Crippen MR) is 90.9 cm³/mol. The van der Waals surface area contributed by atoms with E-state index in [1.54, 1.807) is 0 Å². The molecule has 0 saturated heterocycles. The molecule has 1 aliphatic carbocycles. The highest BCUT2D eigenvalue weighted by molar-refractivity contribution is 6.03. The number of nitrogens with one attached hydrogen (secondary N) is 2. The second-order valence-electron chi connectivity index (χ2n) is 6.06. The van der Waals surface area contributed by atoms with E-state index in [0.29, 0.717) is 5.69 Å². The van der Waals surface area contributed by atoms with Crippen LogP contribution in [0.3, 0.4) is 0 Å². The highest BCUT2D eigenvalue weighted by Gasteiger charge is 2.30. The summed E-state index contributed by atoms with van der Waals surface area (Å²) in [4.78, 5) is 27.8. The van der Waals surface area contributed by atoms with Crippen molar-refractivity contribution in [3.63, 3.8) is 0 Å². The van der Waals surface area contributed by atoms with Crippen molar-refractivity contribution < 1.29 is 14.0 Å². The monoisotopic (exact) mass is 327 g/mol. The highest BCUT2D eigenvalue weighted by Crippen LogP contribution is 2.30. The Bertz CT molecular complexity index is 717. The van der Waals surface area contributed by atoms with Gasteiger partial charge in [0.1, 0.15) is 6.26 Å². The standard InChI is InChI=1S/C18H21N3O3/c1-2-3-4-12-5-9-14(10-6-12)19-17(23)15-11-24-18(20-15)21-16(22)13-7-8-13/h5-6,9-11,13H,2-4,7-8H2,1H3,(H,19,23)(H,20,21,22). The van der Waals surface area contributed by atoms with Gasteiger partial charge in [-0.15, -0.1) is 0 Å². The second kappa shape index (κ2) is 7.29. The zero-order valence-corrected chi connectivity index (χ0v) is 13.7. The number of benzene rings is 1. The van der Waals surface area contributed by atoms with Gasteiger partial charge in [0, 0.05) is 11.6 Å². The van der Waals surface area contributed by atoms with Crippen molar-refractivity contribution in [3.05, 3.63) is 41.8 Å². The SMILES string of the molecule is CCCCc1ccc(NC(=O)c2coc(NC(=O)C3CC3)n2)cc1. The first-order chi connectivity index (χ1) is 11.7. The first-order valence-corrected chi connectivity index (χ1v) is 8.32. The average Bonchev–Trinajstić information content (AvgIpc) is 3.34. The summed E-state index contributed by atoms with van der Waals surface area (Å²) >= 11 is 0. The summed E-state index contributed by atoms with van der Waals surface area (Å²) in [6.45, 7) is 2.16. The minimum absolute atomic E-state index is 0.0559. The molecule has 2 amide bonds. The molecule has 126 valence electrons. The van der Waals surface area contributed by atoms with Gasteiger partial charge in [-0.1, -0.05) is 25.5 Å². The van der Waals surface area contributed by atoms with Crippen LogP contribution in [0.15, 0.2) is 34.9 Å². The summed E-state index contributed by atoms with van der Waals surface area (Å²) in [5.74, 6) is -0.418. The van der Waals surface area contributed by atoms with Crippen LogP contribution in [-0.4, -0.2) is 16.8 Å². The van der Waals surface area contributed by atoms with Gasteiger partial charge in [0.05, 0.1) is 0 Å². The van der Waals surface area contributed by atoms with E-state index in [9.17, 15) is 9.59 Å². The fourth-order valence-electron chi connectivity index (χ4n) is 2.32. The maximum absolute atomic E-state index is 12.2. The van der Waals surface area contributed by atoms with E-state index < -0.39 is 0 Å². The van der Waals surface area contributed by atoms with Gasteiger partial charge in [-0.25, -0.2) is 0 Å². The lowest BCUT2D eigenvalue weighted by Gasteiger charge is -2.04. The Morgan fingerprint density at radius 1 is 1.21 bits per heavy atom. The Morgan fingerprint density at radius 3 is 2.62 bits per heavy atom. The Kier molecular flexibility index (Phi) is 4.93. The van der Waals surface area contributed by atoms with Crippen molar-refractivity contribution in [1.29, 1.82) is 0 Å². The van der Waals surface area contributed by atoms with Crippen LogP contribution in [0, 0.1) is 5.92 Å². The first kappa shape index (κ1) is 16.2. The fraction of sp³-hybridized carbons (Fsp3) is 0.389. The molecule has 0 atom stereocenters. The largest absolute Gasteiger partial charge is 0.431 e. The number of anilines is 2. The molecule has 1 aromatic heterocycles. The quantitative estimate of drug-likeness (QED) is 0.813. The number of amides is 2. The van der Waals surface area contributed by atoms with Crippen molar-refractivity contribution in [2.75, 3.05) is 10.6 Å². The summed E-state index contributed by atoms with van der Waals surface area (Å²) < 4.78 is 5.13. The Labute approximate surface area is 140 Å². The number of unbranched alkanes of at least 4 members (excludes halogenated alkanes) is 1. The third-order valence-electron chi connectivity index (χ3n) is 3.95. The molecule has 6 heteroatoms. The van der Waals surface area contributed by atoms with Crippen LogP contribution in [0.4, 0.5) is 11.7 Å². The number of carbonyl (C=O) groups excluding carboxylic acids is 2. The molecule has 1 fully saturated rings. The van der Waals surface area contributed by atoms with Gasteiger partial charge < -0.3 is 9.73 Å². The number of nitrogens with zero attached hydrogens (tertiary/aromatic N) is 1. The number of rotatable bonds is 7. The summed E-state index contributed by atoms with van der Waals surface area (Å²) in [5.41, 5.74) is 2.09. The lowest BCUT2D eigenvalue weighted by atomic mass is 10.1. The number of aryl methyl sites for hydroxylation is 1. The summed E-state index contributed by atoms with van der Waals surface area (Å²) in [6, 6.07) is 7.83. The molecule has 3 rings (SSSR count). The first-order valence-electron chi connectivity index (χ1n) is 8.32. The predicted octanol–water partition coefficient (Wildman–Crippen LogP) is 3.62. The van der Waals surface area contributed by atoms with Gasteiger partial charge in [0.15, 0.2) is 5.69 Å². The summed E-state index contributed by atoms with van der Waals surface area (Å²) in [5, 5.41) is 5.34. The second-order valence-corrected chi connectivity index (χ2v) is 6.06. The van der Waals surface area contributed by atoms with E-state index >= 15 is 0 Å². The molecule has 24 heavy (non-hydrogen) atoms. The molecule has 1 saturated carbocycles. The summed E-state index contributed by atoms with van der Waals surface area (Å²) in [6.07, 6.45) is 6.39. The molecular formula is C18H21N3O3. The van der Waals surface area contributed by atoms with Gasteiger partial charge in [-0.05, 0) is 43.4 Å². The summed E-state index contributed by atoms with van der Waals surface area (Å²) in [7, 11) is 0. The number of oxazole rings is 1. The van der Waals surface area contributed by atoms with Crippen LogP contribution in [0.5, 0.6) is 0 Å². The number of carbonyl (C=O) groups is 2. The van der Waals surface area contributed by atoms with E-state index in [1.807, 2.05) is 24.3 Å². The molecule has 0 aliphatic heterocycles. The van der Waals surface area contributed by atoms with Crippen molar-refractivity contribution in [3.8, 4) is 0 Å². The molecule has 6 nitrogen and oxygen atoms in total. The molecule has 2 aromatic rings. The van der Waals surface area contributed by atoms with Crippen molar-refractivity contribution >= 4 is 23.5 Å². The smallest absolute Gasteiger partial charge is 0.302 e. The minimum Gasteiger partial charge on any atom is -0.431 e. The maximum atomic E-state index is 12.2. The molecule has 0 unspecified atom stereocenters. The van der Waals surface area contributed by atoms with Gasteiger partial charge in [0.25, 0.3) is 5.91 Å².